The van der Waals surface area contributed by atoms with E-state index in [1.165, 1.54) is 16.7 Å². The van der Waals surface area contributed by atoms with E-state index in [4.69, 9.17) is 11.5 Å². The fourth-order valence-corrected chi connectivity index (χ4v) is 5.83. The van der Waals surface area contributed by atoms with Gasteiger partial charge in [0.1, 0.15) is 24.2 Å². The van der Waals surface area contributed by atoms with E-state index < -0.39 is 90.2 Å². The molecule has 46 heavy (non-hydrogen) atoms. The van der Waals surface area contributed by atoms with Crippen molar-refractivity contribution in [1.82, 2.24) is 25.8 Å². The van der Waals surface area contributed by atoms with Crippen molar-refractivity contribution in [3.8, 4) is 0 Å². The molecule has 0 aromatic carbocycles. The number of hydrogen-bond donors (Lipinski definition) is 7. The number of aliphatic hydroxyl groups is 1. The molecule has 0 unspecified atom stereocenters. The maximum atomic E-state index is 13.9. The van der Waals surface area contributed by atoms with Crippen molar-refractivity contribution in [3.63, 3.8) is 0 Å². The fourth-order valence-electron chi connectivity index (χ4n) is 5.83. The quantitative estimate of drug-likeness (QED) is 0.0982. The van der Waals surface area contributed by atoms with E-state index >= 15 is 0 Å². The highest BCUT2D eigenvalue weighted by Crippen LogP contribution is 2.27. The molecule has 2 saturated heterocycles. The van der Waals surface area contributed by atoms with E-state index in [9.17, 15) is 43.8 Å². The molecule has 0 aliphatic carbocycles. The molecule has 16 nitrogen and oxygen atoms in total. The highest BCUT2D eigenvalue weighted by Gasteiger charge is 2.45. The Morgan fingerprint density at radius 1 is 0.848 bits per heavy atom. The van der Waals surface area contributed by atoms with Gasteiger partial charge < -0.3 is 47.4 Å². The number of rotatable bonds is 16. The average Bonchev–Trinajstić information content (AvgIpc) is 3.66. The first kappa shape index (κ1) is 38.4. The van der Waals surface area contributed by atoms with Crippen molar-refractivity contribution in [2.75, 3.05) is 13.1 Å². The van der Waals surface area contributed by atoms with E-state index in [2.05, 4.69) is 16.0 Å². The number of hydrogen-bond acceptors (Lipinski definition) is 9. The van der Waals surface area contributed by atoms with Crippen LogP contribution >= 0.6 is 0 Å². The van der Waals surface area contributed by atoms with Gasteiger partial charge in [0, 0.05) is 13.1 Å². The highest BCUT2D eigenvalue weighted by atomic mass is 16.4. The van der Waals surface area contributed by atoms with Gasteiger partial charge in [0.2, 0.25) is 35.4 Å². The third-order valence-corrected chi connectivity index (χ3v) is 8.58. The van der Waals surface area contributed by atoms with Crippen LogP contribution in [0.5, 0.6) is 0 Å². The minimum atomic E-state index is -1.57. The maximum Gasteiger partial charge on any atom is 0.328 e. The number of likely N-dealkylation sites (tertiary alicyclic amines) is 2. The minimum absolute atomic E-state index is 0.0606. The number of amides is 6. The number of primary amides is 1. The molecule has 0 bridgehead atoms. The van der Waals surface area contributed by atoms with Crippen molar-refractivity contribution in [2.45, 2.75) is 122 Å². The van der Waals surface area contributed by atoms with Gasteiger partial charge in [-0.3, -0.25) is 28.8 Å². The Balaban J connectivity index is 2.22. The summed E-state index contributed by atoms with van der Waals surface area (Å²) in [5.74, 6) is -5.52. The third kappa shape index (κ3) is 10.1. The summed E-state index contributed by atoms with van der Waals surface area (Å²) in [6.45, 7) is 9.03. The second kappa shape index (κ2) is 17.2. The van der Waals surface area contributed by atoms with Crippen LogP contribution in [0.3, 0.4) is 0 Å². The van der Waals surface area contributed by atoms with Gasteiger partial charge in [-0.2, -0.15) is 0 Å². The van der Waals surface area contributed by atoms with Gasteiger partial charge in [-0.25, -0.2) is 4.79 Å². The fraction of sp³-hybridized carbons (Fsp3) is 0.767. The van der Waals surface area contributed by atoms with Crippen molar-refractivity contribution < 1.29 is 43.8 Å². The number of carbonyl (C=O) groups is 7. The van der Waals surface area contributed by atoms with Crippen LogP contribution in [0.1, 0.15) is 79.6 Å². The molecule has 260 valence electrons. The molecule has 2 aliphatic rings. The van der Waals surface area contributed by atoms with E-state index in [0.717, 1.165) is 0 Å². The number of nitrogens with one attached hydrogen (secondary N) is 3. The molecule has 0 radical (unpaired) electrons. The molecule has 9 N–H and O–H groups in total. The molecule has 2 heterocycles. The summed E-state index contributed by atoms with van der Waals surface area (Å²) in [5.41, 5.74) is 11.0. The Morgan fingerprint density at radius 3 is 1.93 bits per heavy atom. The second-order valence-electron chi connectivity index (χ2n) is 12.8. The second-order valence-corrected chi connectivity index (χ2v) is 12.8. The molecule has 8 atom stereocenters. The van der Waals surface area contributed by atoms with Crippen molar-refractivity contribution in [1.29, 1.82) is 0 Å². The summed E-state index contributed by atoms with van der Waals surface area (Å²) in [6.07, 6.45) is 0.653. The van der Waals surface area contributed by atoms with Crippen LogP contribution in [0.2, 0.25) is 0 Å². The molecular formula is C30H51N7O9. The number of aliphatic hydroxyl groups excluding tert-OH is 1. The minimum Gasteiger partial charge on any atom is -0.480 e. The first-order chi connectivity index (χ1) is 21.5. The van der Waals surface area contributed by atoms with Crippen molar-refractivity contribution >= 4 is 41.4 Å². The van der Waals surface area contributed by atoms with Crippen LogP contribution < -0.4 is 27.4 Å². The Labute approximate surface area is 269 Å². The summed E-state index contributed by atoms with van der Waals surface area (Å²) in [7, 11) is 0. The maximum absolute atomic E-state index is 13.9. The lowest BCUT2D eigenvalue weighted by Crippen LogP contribution is -2.60. The number of carbonyl (C=O) groups excluding carboxylic acids is 6. The monoisotopic (exact) mass is 653 g/mol. The lowest BCUT2D eigenvalue weighted by atomic mass is 9.96. The van der Waals surface area contributed by atoms with Gasteiger partial charge in [-0.15, -0.1) is 0 Å². The van der Waals surface area contributed by atoms with Crippen molar-refractivity contribution in [3.05, 3.63) is 0 Å². The zero-order valence-electron chi connectivity index (χ0n) is 27.4. The molecule has 0 aromatic rings. The number of carboxylic acids is 1. The zero-order chi connectivity index (χ0) is 34.9. The van der Waals surface area contributed by atoms with E-state index in [1.54, 1.807) is 6.92 Å². The van der Waals surface area contributed by atoms with E-state index in [0.29, 0.717) is 32.1 Å². The van der Waals surface area contributed by atoms with Crippen LogP contribution in [-0.4, -0.2) is 117 Å². The molecular weight excluding hydrogens is 602 g/mol. The lowest BCUT2D eigenvalue weighted by molar-refractivity contribution is -0.149. The van der Waals surface area contributed by atoms with E-state index in [-0.39, 0.29) is 31.3 Å². The van der Waals surface area contributed by atoms with Crippen LogP contribution in [0, 0.1) is 11.8 Å². The summed E-state index contributed by atoms with van der Waals surface area (Å²) in [6, 6.07) is -6.72. The number of aliphatic carboxylic acids is 1. The first-order valence-electron chi connectivity index (χ1n) is 16.0. The highest BCUT2D eigenvalue weighted by molar-refractivity contribution is 5.97. The number of nitrogens with zero attached hydrogens (tertiary/aromatic N) is 2. The van der Waals surface area contributed by atoms with E-state index in [1.807, 2.05) is 20.8 Å². The summed E-state index contributed by atoms with van der Waals surface area (Å²) in [5, 5.41) is 26.8. The normalized spacial score (nSPS) is 21.9. The zero-order valence-corrected chi connectivity index (χ0v) is 27.4. The van der Waals surface area contributed by atoms with Gasteiger partial charge in [-0.05, 0) is 50.9 Å². The molecule has 0 saturated carbocycles. The SMILES string of the molecule is CC[C@H](C)[C@H](NC(=O)[C@@H](N)CC(N)=O)C(=O)N1CCC[C@H]1C(=O)N1CCC[C@H]1C(=O)N[C@@H](CC(C)C)C(=O)N[C@H](C(=O)O)[C@@H](C)O. The molecule has 16 heteroatoms. The average molecular weight is 654 g/mol. The molecule has 0 aromatic heterocycles. The van der Waals surface area contributed by atoms with Crippen LogP contribution in [0.4, 0.5) is 0 Å². The molecule has 2 aliphatic heterocycles. The Kier molecular flexibility index (Phi) is 14.4. The van der Waals surface area contributed by atoms with Gasteiger partial charge in [0.25, 0.3) is 0 Å². The Morgan fingerprint density at radius 2 is 1.41 bits per heavy atom. The van der Waals surface area contributed by atoms with Gasteiger partial charge in [-0.1, -0.05) is 34.1 Å². The molecule has 6 amide bonds. The largest absolute Gasteiger partial charge is 0.480 e. The Hall–Kier alpha value is -3.79. The predicted molar refractivity (Wildman–Crippen MR) is 165 cm³/mol. The van der Waals surface area contributed by atoms with Gasteiger partial charge in [0.05, 0.1) is 18.6 Å². The molecule has 0 spiro atoms. The topological polar surface area (TPSA) is 255 Å². The molecule has 2 fully saturated rings. The standard InChI is InChI=1S/C30H51N7O9/c1-6-16(4)23(34-25(40)18(31)14-22(32)39)29(44)37-12-8-10-21(37)28(43)36-11-7-9-20(36)27(42)33-19(13-15(2)3)26(41)35-24(17(5)38)30(45)46/h15-21,23-24,38H,6-14,31H2,1-5H3,(H2,32,39)(H,33,42)(H,34,40)(H,35,41)(H,45,46)/t16-,17+,18-,19-,20-,21-,23-,24-/m0/s1. The summed E-state index contributed by atoms with van der Waals surface area (Å²) >= 11 is 0. The summed E-state index contributed by atoms with van der Waals surface area (Å²) in [4.78, 5) is 92.5. The number of nitrogens with two attached hydrogens (primary N) is 2. The smallest absolute Gasteiger partial charge is 0.328 e. The van der Waals surface area contributed by atoms with Gasteiger partial charge in [0.15, 0.2) is 6.04 Å². The number of carboxylic acid groups (broad SMARTS) is 1. The molecule has 2 rings (SSSR count). The first-order valence-corrected chi connectivity index (χ1v) is 16.0. The van der Waals surface area contributed by atoms with Gasteiger partial charge >= 0.3 is 5.97 Å². The van der Waals surface area contributed by atoms with Crippen LogP contribution in [-0.2, 0) is 33.6 Å². The summed E-state index contributed by atoms with van der Waals surface area (Å²) < 4.78 is 0. The van der Waals surface area contributed by atoms with Crippen molar-refractivity contribution in [2.24, 2.45) is 23.3 Å². The predicted octanol–water partition coefficient (Wildman–Crippen LogP) is -1.82. The lowest BCUT2D eigenvalue weighted by Gasteiger charge is -2.34. The Bertz CT molecular complexity index is 1150. The van der Waals surface area contributed by atoms with Crippen LogP contribution in [0.15, 0.2) is 0 Å². The third-order valence-electron chi connectivity index (χ3n) is 8.58. The van der Waals surface area contributed by atoms with Crippen LogP contribution in [0.25, 0.3) is 0 Å².